The molecule has 6 heteroatoms. The molecule has 0 unspecified atom stereocenters. The van der Waals surface area contributed by atoms with E-state index in [1.54, 1.807) is 12.4 Å². The van der Waals surface area contributed by atoms with Crippen molar-refractivity contribution in [3.8, 4) is 5.88 Å². The van der Waals surface area contributed by atoms with E-state index in [4.69, 9.17) is 0 Å². The molecule has 118 valence electrons. The van der Waals surface area contributed by atoms with E-state index >= 15 is 0 Å². The number of hydrogen-bond donors (Lipinski definition) is 2. The first-order valence-corrected chi connectivity index (χ1v) is 7.97. The fourth-order valence-electron chi connectivity index (χ4n) is 3.07. The largest absolute Gasteiger partial charge is 0.492 e. The number of nitrogens with zero attached hydrogens (tertiary/aromatic N) is 4. The van der Waals surface area contributed by atoms with Gasteiger partial charge >= 0.3 is 0 Å². The predicted molar refractivity (Wildman–Crippen MR) is 91.3 cm³/mol. The lowest BCUT2D eigenvalue weighted by Crippen LogP contribution is -2.30. The molecule has 0 saturated carbocycles. The van der Waals surface area contributed by atoms with Gasteiger partial charge in [0.15, 0.2) is 5.82 Å². The van der Waals surface area contributed by atoms with Gasteiger partial charge in [-0.3, -0.25) is 0 Å². The monoisotopic (exact) mass is 309 g/mol. The van der Waals surface area contributed by atoms with Crippen LogP contribution in [0.25, 0.3) is 11.6 Å². The minimum atomic E-state index is 0.0283. The first-order chi connectivity index (χ1) is 11.2. The summed E-state index contributed by atoms with van der Waals surface area (Å²) in [5, 5.41) is 10.2. The molecular formula is C17H19N5O. The molecule has 1 fully saturated rings. The second-order valence-corrected chi connectivity index (χ2v) is 6.09. The second kappa shape index (κ2) is 5.53. The van der Waals surface area contributed by atoms with Gasteiger partial charge in [-0.05, 0) is 43.9 Å². The maximum atomic E-state index is 10.2. The summed E-state index contributed by atoms with van der Waals surface area (Å²) in [4.78, 5) is 18.3. The van der Waals surface area contributed by atoms with Crippen molar-refractivity contribution in [2.45, 2.75) is 26.2 Å². The zero-order chi connectivity index (χ0) is 15.8. The standard InChI is InChI=1S/C17H19N5O/c1-11-7-13-12(10-19-15(13)18-9-11)8-14-16(23)21-17(20-14)22-5-3-2-4-6-22/h7-10,23H,2-6H2,1H3,(H,20,21). The minimum absolute atomic E-state index is 0.0283. The molecule has 0 spiro atoms. The third kappa shape index (κ3) is 2.60. The van der Waals surface area contributed by atoms with Crippen LogP contribution in [0, 0.1) is 6.92 Å². The summed E-state index contributed by atoms with van der Waals surface area (Å²) in [5.41, 5.74) is 3.61. The number of hydrogen-bond acceptors (Lipinski definition) is 5. The summed E-state index contributed by atoms with van der Waals surface area (Å²) < 4.78 is 0. The van der Waals surface area contributed by atoms with E-state index in [1.807, 2.05) is 13.0 Å². The third-order valence-corrected chi connectivity index (χ3v) is 4.29. The fraction of sp³-hybridized carbons (Fsp3) is 0.353. The molecular weight excluding hydrogens is 290 g/mol. The number of pyridine rings is 1. The van der Waals surface area contributed by atoms with Crippen molar-refractivity contribution in [1.82, 2.24) is 15.0 Å². The van der Waals surface area contributed by atoms with Gasteiger partial charge in [0.1, 0.15) is 5.69 Å². The van der Waals surface area contributed by atoms with Crippen LogP contribution < -0.4 is 4.90 Å². The van der Waals surface area contributed by atoms with Crippen molar-refractivity contribution in [2.24, 2.45) is 4.99 Å². The molecule has 2 N–H and O–H groups in total. The van der Waals surface area contributed by atoms with E-state index in [0.29, 0.717) is 5.69 Å². The number of imidazole rings is 1. The third-order valence-electron chi connectivity index (χ3n) is 4.29. The zero-order valence-corrected chi connectivity index (χ0v) is 13.1. The summed E-state index contributed by atoms with van der Waals surface area (Å²) >= 11 is 0. The van der Waals surface area contributed by atoms with Gasteiger partial charge in [-0.1, -0.05) is 0 Å². The molecule has 2 aliphatic rings. The number of anilines is 1. The Hall–Kier alpha value is -2.63. The van der Waals surface area contributed by atoms with Gasteiger partial charge in [0.05, 0.1) is 0 Å². The molecule has 2 aromatic heterocycles. The predicted octanol–water partition coefficient (Wildman–Crippen LogP) is 3.07. The van der Waals surface area contributed by atoms with Gasteiger partial charge in [-0.25, -0.2) is 9.98 Å². The Bertz CT molecular complexity index is 799. The molecule has 0 radical (unpaired) electrons. The smallest absolute Gasteiger partial charge is 0.238 e. The lowest BCUT2D eigenvalue weighted by molar-refractivity contribution is 0.454. The molecule has 0 amide bonds. The maximum Gasteiger partial charge on any atom is 0.238 e. The Balaban J connectivity index is 1.66. The number of aliphatic imine (C=N–C) groups is 1. The van der Waals surface area contributed by atoms with E-state index in [2.05, 4.69) is 30.9 Å². The average molecular weight is 309 g/mol. The van der Waals surface area contributed by atoms with Crippen molar-refractivity contribution in [3.63, 3.8) is 0 Å². The first kappa shape index (κ1) is 14.0. The highest BCUT2D eigenvalue weighted by molar-refractivity contribution is 6.21. The molecule has 6 nitrogen and oxygen atoms in total. The van der Waals surface area contributed by atoms with Crippen LogP contribution >= 0.6 is 0 Å². The quantitative estimate of drug-likeness (QED) is 0.893. The Labute approximate surface area is 134 Å². The number of rotatable bonds is 2. The lowest BCUT2D eigenvalue weighted by atomic mass is 10.1. The summed E-state index contributed by atoms with van der Waals surface area (Å²) in [5.74, 6) is 1.49. The topological polar surface area (TPSA) is 77.4 Å². The van der Waals surface area contributed by atoms with E-state index in [9.17, 15) is 5.11 Å². The molecule has 0 atom stereocenters. The number of aromatic nitrogens is 3. The number of aromatic amines is 1. The van der Waals surface area contributed by atoms with Crippen LogP contribution in [0.3, 0.4) is 0 Å². The number of aromatic hydroxyl groups is 1. The number of nitrogens with one attached hydrogen (secondary N) is 1. The van der Waals surface area contributed by atoms with Gasteiger partial charge in [0, 0.05) is 36.6 Å². The van der Waals surface area contributed by atoms with Crippen LogP contribution in [0.1, 0.15) is 36.1 Å². The Kier molecular flexibility index (Phi) is 3.37. The molecule has 0 aromatic carbocycles. The first-order valence-electron chi connectivity index (χ1n) is 7.97. The molecule has 1 saturated heterocycles. The van der Waals surface area contributed by atoms with Crippen LogP contribution in [0.15, 0.2) is 17.3 Å². The van der Waals surface area contributed by atoms with Crippen molar-refractivity contribution < 1.29 is 5.11 Å². The lowest BCUT2D eigenvalue weighted by Gasteiger charge is -2.25. The average Bonchev–Trinajstić information content (AvgIpc) is 3.13. The van der Waals surface area contributed by atoms with Gasteiger partial charge < -0.3 is 15.0 Å². The van der Waals surface area contributed by atoms with Crippen molar-refractivity contribution in [1.29, 1.82) is 0 Å². The summed E-state index contributed by atoms with van der Waals surface area (Å²) in [6.45, 7) is 3.97. The van der Waals surface area contributed by atoms with E-state index < -0.39 is 0 Å². The zero-order valence-electron chi connectivity index (χ0n) is 13.1. The normalized spacial score (nSPS) is 18.7. The summed E-state index contributed by atoms with van der Waals surface area (Å²) in [7, 11) is 0. The van der Waals surface area contributed by atoms with Crippen molar-refractivity contribution in [2.75, 3.05) is 18.0 Å². The maximum absolute atomic E-state index is 10.2. The molecule has 0 bridgehead atoms. The van der Waals surface area contributed by atoms with Crippen LogP contribution in [0.2, 0.25) is 0 Å². The van der Waals surface area contributed by atoms with E-state index in [0.717, 1.165) is 41.6 Å². The number of allylic oxidation sites excluding steroid dienone is 1. The Morgan fingerprint density at radius 3 is 2.91 bits per heavy atom. The van der Waals surface area contributed by atoms with Gasteiger partial charge in [0.25, 0.3) is 0 Å². The van der Waals surface area contributed by atoms with Crippen molar-refractivity contribution >= 4 is 29.6 Å². The van der Waals surface area contributed by atoms with Crippen molar-refractivity contribution in [3.05, 3.63) is 29.1 Å². The molecule has 4 heterocycles. The number of piperidine rings is 1. The highest BCUT2D eigenvalue weighted by Crippen LogP contribution is 2.33. The Morgan fingerprint density at radius 1 is 1.26 bits per heavy atom. The summed E-state index contributed by atoms with van der Waals surface area (Å²) in [6, 6.07) is 2.06. The van der Waals surface area contributed by atoms with Crippen LogP contribution in [0.4, 0.5) is 11.8 Å². The second-order valence-electron chi connectivity index (χ2n) is 6.09. The minimum Gasteiger partial charge on any atom is -0.492 e. The van der Waals surface area contributed by atoms with Gasteiger partial charge in [-0.15, -0.1) is 0 Å². The van der Waals surface area contributed by atoms with Gasteiger partial charge in [0.2, 0.25) is 11.8 Å². The van der Waals surface area contributed by atoms with Crippen LogP contribution in [-0.2, 0) is 0 Å². The highest BCUT2D eigenvalue weighted by Gasteiger charge is 2.18. The molecule has 2 aromatic rings. The fourth-order valence-corrected chi connectivity index (χ4v) is 3.07. The van der Waals surface area contributed by atoms with Crippen LogP contribution in [-0.4, -0.2) is 39.4 Å². The summed E-state index contributed by atoms with van der Waals surface area (Å²) in [6.07, 6.45) is 9.07. The molecule has 23 heavy (non-hydrogen) atoms. The van der Waals surface area contributed by atoms with Gasteiger partial charge in [-0.2, -0.15) is 4.98 Å². The highest BCUT2D eigenvalue weighted by atomic mass is 16.3. The number of aryl methyl sites for hydroxylation is 1. The number of H-pyrrole nitrogens is 1. The molecule has 2 aliphatic heterocycles. The van der Waals surface area contributed by atoms with E-state index in [1.165, 1.54) is 19.3 Å². The molecule has 0 aliphatic carbocycles. The number of fused-ring (bicyclic) bond motifs is 1. The van der Waals surface area contributed by atoms with E-state index in [-0.39, 0.29) is 5.88 Å². The SMILES string of the molecule is Cc1cnc2c(c1)C(=Cc1[nH]c(N3CCCCC3)nc1O)C=N2. The Morgan fingerprint density at radius 2 is 2.09 bits per heavy atom. The molecule has 4 rings (SSSR count). The van der Waals surface area contributed by atoms with Crippen LogP contribution in [0.5, 0.6) is 5.88 Å².